The highest BCUT2D eigenvalue weighted by Crippen LogP contribution is 2.42. The molecule has 2 aliphatic rings. The van der Waals surface area contributed by atoms with Crippen LogP contribution in [-0.4, -0.2) is 26.9 Å². The molecule has 5 rings (SSSR count). The minimum Gasteiger partial charge on any atom is -0.356 e. The van der Waals surface area contributed by atoms with Crippen molar-refractivity contribution in [3.63, 3.8) is 0 Å². The van der Waals surface area contributed by atoms with Gasteiger partial charge in [0.1, 0.15) is 6.04 Å². The summed E-state index contributed by atoms with van der Waals surface area (Å²) >= 11 is 5.56. The minimum absolute atomic E-state index is 0.143. The standard InChI is InChI=1S/C21H16F3N3OS/c1-11-18-15(14-7-2-3-8-16(14)25-18)10-17-19(28)27(20(29)26(11)17)13-6-4-5-12(9-13)21(22,23)24/h2-9,11,17,25H,10H2,1H3. The molecule has 1 fully saturated rings. The molecule has 29 heavy (non-hydrogen) atoms. The molecule has 3 heterocycles. The zero-order valence-corrected chi connectivity index (χ0v) is 16.1. The van der Waals surface area contributed by atoms with Crippen molar-refractivity contribution in [1.82, 2.24) is 9.88 Å². The average molecular weight is 415 g/mol. The lowest BCUT2D eigenvalue weighted by atomic mass is 9.93. The lowest BCUT2D eigenvalue weighted by molar-refractivity contribution is -0.137. The number of nitrogens with one attached hydrogen (secondary N) is 1. The number of halogens is 3. The summed E-state index contributed by atoms with van der Waals surface area (Å²) in [6.45, 7) is 1.95. The first-order valence-electron chi connectivity index (χ1n) is 9.20. The van der Waals surface area contributed by atoms with E-state index in [2.05, 4.69) is 4.98 Å². The average Bonchev–Trinajstić information content (AvgIpc) is 3.18. The summed E-state index contributed by atoms with van der Waals surface area (Å²) in [5.74, 6) is -0.294. The number of para-hydroxylation sites is 1. The van der Waals surface area contributed by atoms with Crippen molar-refractivity contribution in [2.75, 3.05) is 4.90 Å². The molecule has 0 bridgehead atoms. The van der Waals surface area contributed by atoms with Gasteiger partial charge in [0.25, 0.3) is 5.91 Å². The summed E-state index contributed by atoms with van der Waals surface area (Å²) in [5.41, 5.74) is 2.39. The second kappa shape index (κ2) is 6.06. The second-order valence-electron chi connectivity index (χ2n) is 7.37. The number of carbonyl (C=O) groups is 1. The van der Waals surface area contributed by atoms with Crippen molar-refractivity contribution in [2.24, 2.45) is 0 Å². The zero-order valence-electron chi connectivity index (χ0n) is 15.3. The van der Waals surface area contributed by atoms with E-state index >= 15 is 0 Å². The summed E-state index contributed by atoms with van der Waals surface area (Å²) in [6, 6.07) is 11.9. The molecule has 1 saturated heterocycles. The van der Waals surface area contributed by atoms with Gasteiger partial charge in [-0.25, -0.2) is 0 Å². The molecular formula is C21H16F3N3OS. The van der Waals surface area contributed by atoms with E-state index in [9.17, 15) is 18.0 Å². The number of aromatic amines is 1. The molecule has 2 unspecified atom stereocenters. The first kappa shape index (κ1) is 18.2. The van der Waals surface area contributed by atoms with Gasteiger partial charge in [0.15, 0.2) is 5.11 Å². The van der Waals surface area contributed by atoms with E-state index in [0.29, 0.717) is 6.42 Å². The Balaban J connectivity index is 1.57. The van der Waals surface area contributed by atoms with Crippen LogP contribution in [0.5, 0.6) is 0 Å². The molecule has 0 aliphatic carbocycles. The van der Waals surface area contributed by atoms with E-state index in [4.69, 9.17) is 12.2 Å². The Labute approximate surface area is 169 Å². The number of nitrogens with zero attached hydrogens (tertiary/aromatic N) is 2. The van der Waals surface area contributed by atoms with E-state index in [-0.39, 0.29) is 22.7 Å². The number of amides is 1. The van der Waals surface area contributed by atoms with Crippen molar-refractivity contribution in [1.29, 1.82) is 0 Å². The van der Waals surface area contributed by atoms with Crippen molar-refractivity contribution in [3.8, 4) is 0 Å². The topological polar surface area (TPSA) is 39.3 Å². The number of hydrogen-bond donors (Lipinski definition) is 1. The maximum absolute atomic E-state index is 13.2. The van der Waals surface area contributed by atoms with Crippen LogP contribution >= 0.6 is 12.2 Å². The van der Waals surface area contributed by atoms with E-state index < -0.39 is 17.8 Å². The van der Waals surface area contributed by atoms with Crippen molar-refractivity contribution in [3.05, 3.63) is 65.4 Å². The quantitative estimate of drug-likeness (QED) is 0.580. The highest BCUT2D eigenvalue weighted by molar-refractivity contribution is 7.80. The summed E-state index contributed by atoms with van der Waals surface area (Å²) in [5, 5.41) is 1.29. The van der Waals surface area contributed by atoms with Gasteiger partial charge in [-0.1, -0.05) is 24.3 Å². The van der Waals surface area contributed by atoms with Gasteiger partial charge in [-0.15, -0.1) is 0 Å². The second-order valence-corrected chi connectivity index (χ2v) is 7.74. The Morgan fingerprint density at radius 2 is 1.90 bits per heavy atom. The summed E-state index contributed by atoms with van der Waals surface area (Å²) in [4.78, 5) is 19.7. The van der Waals surface area contributed by atoms with Crippen LogP contribution in [0.15, 0.2) is 48.5 Å². The first-order valence-corrected chi connectivity index (χ1v) is 9.61. The molecule has 2 aromatic carbocycles. The van der Waals surface area contributed by atoms with Crippen molar-refractivity contribution < 1.29 is 18.0 Å². The number of alkyl halides is 3. The zero-order chi connectivity index (χ0) is 20.5. The van der Waals surface area contributed by atoms with Gasteiger partial charge in [0.2, 0.25) is 0 Å². The number of H-pyrrole nitrogens is 1. The molecule has 8 heteroatoms. The van der Waals surface area contributed by atoms with Crippen LogP contribution in [0.25, 0.3) is 10.9 Å². The van der Waals surface area contributed by atoms with Crippen LogP contribution in [-0.2, 0) is 17.4 Å². The highest BCUT2D eigenvalue weighted by Gasteiger charge is 2.49. The molecular weight excluding hydrogens is 399 g/mol. The number of fused-ring (bicyclic) bond motifs is 4. The number of anilines is 1. The van der Waals surface area contributed by atoms with Crippen LogP contribution in [0, 0.1) is 0 Å². The fourth-order valence-electron chi connectivity index (χ4n) is 4.42. The molecule has 3 aromatic rings. The summed E-state index contributed by atoms with van der Waals surface area (Å²) in [6.07, 6.45) is -4.03. The Hall–Kier alpha value is -2.87. The van der Waals surface area contributed by atoms with Gasteiger partial charge >= 0.3 is 6.18 Å². The van der Waals surface area contributed by atoms with Crippen LogP contribution in [0.2, 0.25) is 0 Å². The van der Waals surface area contributed by atoms with E-state index in [1.165, 1.54) is 17.0 Å². The molecule has 148 valence electrons. The number of thiocarbonyl (C=S) groups is 1. The van der Waals surface area contributed by atoms with Gasteiger partial charge in [0.05, 0.1) is 17.3 Å². The SMILES string of the molecule is CC1c2[nH]c3ccccc3c2CC2C(=O)N(c3cccc(C(F)(F)F)c3)C(=S)N21. The van der Waals surface area contributed by atoms with Gasteiger partial charge < -0.3 is 9.88 Å². The number of benzene rings is 2. The largest absolute Gasteiger partial charge is 0.416 e. The monoisotopic (exact) mass is 415 g/mol. The van der Waals surface area contributed by atoms with Crippen LogP contribution in [0.1, 0.15) is 29.8 Å². The Morgan fingerprint density at radius 1 is 1.14 bits per heavy atom. The molecule has 2 aliphatic heterocycles. The maximum Gasteiger partial charge on any atom is 0.416 e. The van der Waals surface area contributed by atoms with Gasteiger partial charge in [0, 0.05) is 23.0 Å². The van der Waals surface area contributed by atoms with E-state index in [1.807, 2.05) is 36.1 Å². The maximum atomic E-state index is 13.2. The Kier molecular flexibility index (Phi) is 3.80. The summed E-state index contributed by atoms with van der Waals surface area (Å²) < 4.78 is 39.4. The fourth-order valence-corrected chi connectivity index (χ4v) is 4.90. The van der Waals surface area contributed by atoms with Crippen LogP contribution < -0.4 is 4.90 Å². The molecule has 1 amide bonds. The highest BCUT2D eigenvalue weighted by atomic mass is 32.1. The predicted octanol–water partition coefficient (Wildman–Crippen LogP) is 4.81. The lowest BCUT2D eigenvalue weighted by Gasteiger charge is -2.34. The molecule has 1 aromatic heterocycles. The molecule has 0 spiro atoms. The molecule has 2 atom stereocenters. The number of rotatable bonds is 1. The Morgan fingerprint density at radius 3 is 2.66 bits per heavy atom. The third kappa shape index (κ3) is 2.58. The number of hydrogen-bond acceptors (Lipinski definition) is 2. The third-order valence-corrected chi connectivity index (χ3v) is 6.16. The fraction of sp³-hybridized carbons (Fsp3) is 0.238. The first-order chi connectivity index (χ1) is 13.8. The van der Waals surface area contributed by atoms with Crippen molar-refractivity contribution in [2.45, 2.75) is 31.6 Å². The molecule has 1 N–H and O–H groups in total. The number of aromatic nitrogens is 1. The molecule has 4 nitrogen and oxygen atoms in total. The van der Waals surface area contributed by atoms with Crippen LogP contribution in [0.4, 0.5) is 18.9 Å². The van der Waals surface area contributed by atoms with Crippen molar-refractivity contribution >= 4 is 39.8 Å². The smallest absolute Gasteiger partial charge is 0.356 e. The normalized spacial score (nSPS) is 21.7. The minimum atomic E-state index is -4.49. The van der Waals surface area contributed by atoms with E-state index in [0.717, 1.165) is 34.3 Å². The number of carbonyl (C=O) groups excluding carboxylic acids is 1. The molecule has 0 saturated carbocycles. The Bertz CT molecular complexity index is 1170. The summed E-state index contributed by atoms with van der Waals surface area (Å²) in [7, 11) is 0. The van der Waals surface area contributed by atoms with Gasteiger partial charge in [-0.3, -0.25) is 9.69 Å². The predicted molar refractivity (Wildman–Crippen MR) is 108 cm³/mol. The van der Waals surface area contributed by atoms with Crippen LogP contribution in [0.3, 0.4) is 0 Å². The van der Waals surface area contributed by atoms with Gasteiger partial charge in [-0.2, -0.15) is 13.2 Å². The molecule has 0 radical (unpaired) electrons. The van der Waals surface area contributed by atoms with Gasteiger partial charge in [-0.05, 0) is 49.0 Å². The third-order valence-electron chi connectivity index (χ3n) is 5.76. The lowest BCUT2D eigenvalue weighted by Crippen LogP contribution is -2.42. The van der Waals surface area contributed by atoms with E-state index in [1.54, 1.807) is 0 Å².